The van der Waals surface area contributed by atoms with Crippen LogP contribution in [-0.2, 0) is 17.4 Å². The van der Waals surface area contributed by atoms with Gasteiger partial charge in [-0.15, -0.1) is 0 Å². The average molecular weight is 425 g/mol. The van der Waals surface area contributed by atoms with Crippen molar-refractivity contribution in [1.29, 1.82) is 0 Å². The summed E-state index contributed by atoms with van der Waals surface area (Å²) in [5.41, 5.74) is 8.40. The van der Waals surface area contributed by atoms with Crippen molar-refractivity contribution in [2.24, 2.45) is 0 Å². The highest BCUT2D eigenvalue weighted by molar-refractivity contribution is 5.75. The van der Waals surface area contributed by atoms with Crippen molar-refractivity contribution in [3.8, 4) is 0 Å². The van der Waals surface area contributed by atoms with Crippen molar-refractivity contribution < 1.29 is 5.11 Å². The molecule has 0 unspecified atom stereocenters. The topological polar surface area (TPSA) is 20.2 Å². The van der Waals surface area contributed by atoms with E-state index in [2.05, 4.69) is 120 Å². The summed E-state index contributed by atoms with van der Waals surface area (Å²) in [7, 11) is 0. The first-order valence-corrected chi connectivity index (χ1v) is 11.4. The molecule has 0 spiro atoms. The largest absolute Gasteiger partial charge is 0.392 e. The predicted molar refractivity (Wildman–Crippen MR) is 141 cm³/mol. The molecule has 3 aromatic rings. The second-order valence-corrected chi connectivity index (χ2v) is 10.6. The summed E-state index contributed by atoms with van der Waals surface area (Å²) in [4.78, 5) is 0. The molecule has 0 aliphatic heterocycles. The molecule has 0 aliphatic rings. The summed E-state index contributed by atoms with van der Waals surface area (Å²) in [6.45, 7) is 13.4. The van der Waals surface area contributed by atoms with Gasteiger partial charge in [-0.25, -0.2) is 0 Å². The van der Waals surface area contributed by atoms with Crippen LogP contribution < -0.4 is 0 Å². The number of hydrogen-bond donors (Lipinski definition) is 1. The Morgan fingerprint density at radius 1 is 0.531 bits per heavy atom. The predicted octanol–water partition coefficient (Wildman–Crippen LogP) is 8.11. The third-order valence-corrected chi connectivity index (χ3v) is 5.71. The Morgan fingerprint density at radius 2 is 0.875 bits per heavy atom. The molecule has 0 radical (unpaired) electrons. The van der Waals surface area contributed by atoms with E-state index < -0.39 is 0 Å². The van der Waals surface area contributed by atoms with Gasteiger partial charge in [-0.2, -0.15) is 0 Å². The van der Waals surface area contributed by atoms with Gasteiger partial charge in [-0.1, -0.05) is 114 Å². The SMILES string of the molecule is CC(C)(C)c1ccc(/C=C/c2cc(/C=C/c3ccc(C(C)(C)C)cc3)cc(CO)c2)cc1. The molecular weight excluding hydrogens is 388 g/mol. The highest BCUT2D eigenvalue weighted by atomic mass is 16.3. The van der Waals surface area contributed by atoms with Crippen LogP contribution in [0.5, 0.6) is 0 Å². The molecule has 0 heterocycles. The Bertz CT molecular complexity index is 997. The fraction of sp³-hybridized carbons (Fsp3) is 0.290. The van der Waals surface area contributed by atoms with Crippen LogP contribution in [0.3, 0.4) is 0 Å². The summed E-state index contributed by atoms with van der Waals surface area (Å²) < 4.78 is 0. The van der Waals surface area contributed by atoms with Gasteiger partial charge in [-0.05, 0) is 68.0 Å². The van der Waals surface area contributed by atoms with E-state index in [9.17, 15) is 5.11 Å². The molecule has 0 amide bonds. The van der Waals surface area contributed by atoms with Gasteiger partial charge >= 0.3 is 0 Å². The Labute approximate surface area is 194 Å². The van der Waals surface area contributed by atoms with E-state index in [4.69, 9.17) is 0 Å². The normalized spacial score (nSPS) is 12.7. The van der Waals surface area contributed by atoms with E-state index in [0.29, 0.717) is 0 Å². The minimum absolute atomic E-state index is 0.0308. The van der Waals surface area contributed by atoms with E-state index in [1.165, 1.54) is 22.3 Å². The summed E-state index contributed by atoms with van der Waals surface area (Å²) in [5, 5.41) is 9.72. The van der Waals surface area contributed by atoms with E-state index >= 15 is 0 Å². The van der Waals surface area contributed by atoms with Gasteiger partial charge in [0.25, 0.3) is 0 Å². The van der Waals surface area contributed by atoms with E-state index in [1.54, 1.807) is 0 Å². The van der Waals surface area contributed by atoms with Gasteiger partial charge in [0.1, 0.15) is 0 Å². The average Bonchev–Trinajstić information content (AvgIpc) is 2.75. The van der Waals surface area contributed by atoms with Crippen molar-refractivity contribution in [1.82, 2.24) is 0 Å². The maximum Gasteiger partial charge on any atom is 0.0682 e. The molecule has 0 aromatic heterocycles. The van der Waals surface area contributed by atoms with Gasteiger partial charge in [0.2, 0.25) is 0 Å². The highest BCUT2D eigenvalue weighted by Crippen LogP contribution is 2.24. The standard InChI is InChI=1S/C31H36O/c1-30(2,3)28-15-11-23(12-16-28)7-9-25-19-26(21-27(20-25)22-32)10-8-24-13-17-29(18-14-24)31(4,5)6/h7-21,32H,22H2,1-6H3/b9-7+,10-8+. The maximum absolute atomic E-state index is 9.72. The van der Waals surface area contributed by atoms with Crippen LogP contribution in [-0.4, -0.2) is 5.11 Å². The molecule has 166 valence electrons. The van der Waals surface area contributed by atoms with Crippen LogP contribution in [0.15, 0.2) is 66.7 Å². The van der Waals surface area contributed by atoms with E-state index in [0.717, 1.165) is 16.7 Å². The zero-order chi connectivity index (χ0) is 23.4. The van der Waals surface area contributed by atoms with Crippen LogP contribution in [0.4, 0.5) is 0 Å². The van der Waals surface area contributed by atoms with E-state index in [1.807, 2.05) is 12.1 Å². The minimum Gasteiger partial charge on any atom is -0.392 e. The monoisotopic (exact) mass is 424 g/mol. The third kappa shape index (κ3) is 6.55. The number of rotatable bonds is 5. The van der Waals surface area contributed by atoms with Gasteiger partial charge in [0.15, 0.2) is 0 Å². The first kappa shape index (κ1) is 23.8. The summed E-state index contributed by atoms with van der Waals surface area (Å²) in [5.74, 6) is 0. The molecular formula is C31H36O. The summed E-state index contributed by atoms with van der Waals surface area (Å²) in [6.07, 6.45) is 8.48. The molecule has 32 heavy (non-hydrogen) atoms. The molecule has 3 aromatic carbocycles. The van der Waals surface area contributed by atoms with Gasteiger partial charge in [0, 0.05) is 0 Å². The van der Waals surface area contributed by atoms with Crippen molar-refractivity contribution in [3.63, 3.8) is 0 Å². The molecule has 0 bridgehead atoms. The Hall–Kier alpha value is -2.90. The van der Waals surface area contributed by atoms with Crippen LogP contribution in [0.1, 0.15) is 80.5 Å². The smallest absolute Gasteiger partial charge is 0.0682 e. The number of aliphatic hydroxyl groups excluding tert-OH is 1. The van der Waals surface area contributed by atoms with Crippen LogP contribution in [0.2, 0.25) is 0 Å². The lowest BCUT2D eigenvalue weighted by Gasteiger charge is -2.18. The lowest BCUT2D eigenvalue weighted by Crippen LogP contribution is -2.10. The maximum atomic E-state index is 9.72. The zero-order valence-corrected chi connectivity index (χ0v) is 20.3. The third-order valence-electron chi connectivity index (χ3n) is 5.71. The molecule has 0 saturated carbocycles. The molecule has 1 heteroatoms. The quantitative estimate of drug-likeness (QED) is 0.410. The fourth-order valence-electron chi connectivity index (χ4n) is 3.60. The van der Waals surface area contributed by atoms with Gasteiger partial charge in [0.05, 0.1) is 6.61 Å². The Balaban J connectivity index is 1.79. The van der Waals surface area contributed by atoms with Crippen LogP contribution in [0.25, 0.3) is 24.3 Å². The van der Waals surface area contributed by atoms with Gasteiger partial charge in [-0.3, -0.25) is 0 Å². The van der Waals surface area contributed by atoms with Crippen LogP contribution >= 0.6 is 0 Å². The molecule has 0 aliphatic carbocycles. The molecule has 3 rings (SSSR count). The number of hydrogen-bond acceptors (Lipinski definition) is 1. The Morgan fingerprint density at radius 3 is 1.19 bits per heavy atom. The summed E-state index contributed by atoms with van der Waals surface area (Å²) >= 11 is 0. The second-order valence-electron chi connectivity index (χ2n) is 10.6. The van der Waals surface area contributed by atoms with Crippen molar-refractivity contribution >= 4 is 24.3 Å². The first-order chi connectivity index (χ1) is 15.0. The summed E-state index contributed by atoms with van der Waals surface area (Å²) in [6, 6.07) is 23.7. The Kier molecular flexibility index (Phi) is 7.21. The lowest BCUT2D eigenvalue weighted by atomic mass is 9.86. The molecule has 0 atom stereocenters. The minimum atomic E-state index is 0.0308. The highest BCUT2D eigenvalue weighted by Gasteiger charge is 2.13. The first-order valence-electron chi connectivity index (χ1n) is 11.4. The fourth-order valence-corrected chi connectivity index (χ4v) is 3.60. The molecule has 1 nitrogen and oxygen atoms in total. The van der Waals surface area contributed by atoms with Crippen LogP contribution in [0, 0.1) is 0 Å². The van der Waals surface area contributed by atoms with Crippen molar-refractivity contribution in [2.75, 3.05) is 0 Å². The molecule has 0 saturated heterocycles. The zero-order valence-electron chi connectivity index (χ0n) is 20.3. The number of benzene rings is 3. The lowest BCUT2D eigenvalue weighted by molar-refractivity contribution is 0.282. The molecule has 1 N–H and O–H groups in total. The second kappa shape index (κ2) is 9.71. The van der Waals surface area contributed by atoms with Crippen molar-refractivity contribution in [2.45, 2.75) is 59.0 Å². The number of aliphatic hydroxyl groups is 1. The molecule has 0 fully saturated rings. The van der Waals surface area contributed by atoms with Crippen molar-refractivity contribution in [3.05, 3.63) is 106 Å². The van der Waals surface area contributed by atoms with E-state index in [-0.39, 0.29) is 17.4 Å². The van der Waals surface area contributed by atoms with Gasteiger partial charge < -0.3 is 5.11 Å².